The highest BCUT2D eigenvalue weighted by atomic mass is 16.3. The molecule has 1 heterocycles. The van der Waals surface area contributed by atoms with Gasteiger partial charge in [-0.2, -0.15) is 15.0 Å². The van der Waals surface area contributed by atoms with Crippen LogP contribution in [-0.4, -0.2) is 34.2 Å². The van der Waals surface area contributed by atoms with Crippen molar-refractivity contribution in [3.63, 3.8) is 0 Å². The van der Waals surface area contributed by atoms with E-state index in [2.05, 4.69) is 30.5 Å². The van der Waals surface area contributed by atoms with Gasteiger partial charge >= 0.3 is 0 Å². The lowest BCUT2D eigenvalue weighted by Gasteiger charge is -2.14. The largest absolute Gasteiger partial charge is 0.507 e. The van der Waals surface area contributed by atoms with Gasteiger partial charge in [-0.15, -0.1) is 10.2 Å². The summed E-state index contributed by atoms with van der Waals surface area (Å²) in [5.41, 5.74) is 12.6. The van der Waals surface area contributed by atoms with Crippen molar-refractivity contribution < 1.29 is 5.11 Å². The molecule has 0 bridgehead atoms. The number of hydrogen-bond acceptors (Lipinski definition) is 9. The minimum atomic E-state index is 0.137. The zero-order valence-corrected chi connectivity index (χ0v) is 21.1. The second-order valence-electron chi connectivity index (χ2n) is 9.02. The van der Waals surface area contributed by atoms with Crippen LogP contribution in [0.15, 0.2) is 40.6 Å². The third-order valence-electron chi connectivity index (χ3n) is 5.71. The number of hydrogen-bond donors (Lipinski definition) is 3. The molecule has 1 aromatic heterocycles. The van der Waals surface area contributed by atoms with Gasteiger partial charge in [0.1, 0.15) is 17.3 Å². The van der Waals surface area contributed by atoms with Crippen molar-refractivity contribution >= 4 is 45.4 Å². The van der Waals surface area contributed by atoms with E-state index in [0.717, 1.165) is 39.0 Å². The Bertz CT molecular complexity index is 1450. The molecule has 0 fully saturated rings. The van der Waals surface area contributed by atoms with Crippen LogP contribution in [-0.2, 0) is 0 Å². The summed E-state index contributed by atoms with van der Waals surface area (Å²) in [6.45, 7) is 9.63. The molecule has 0 aliphatic heterocycles. The Morgan fingerprint density at radius 2 is 1.49 bits per heavy atom. The molecule has 4 aromatic rings. The first-order chi connectivity index (χ1) is 16.5. The highest BCUT2D eigenvalue weighted by Gasteiger charge is 2.14. The van der Waals surface area contributed by atoms with Gasteiger partial charge in [0.2, 0.25) is 11.9 Å². The Kier molecular flexibility index (Phi) is 6.26. The number of phenolic OH excluding ortho intramolecular Hbond substituents is 1. The zero-order chi connectivity index (χ0) is 25.4. The Morgan fingerprint density at radius 3 is 2.14 bits per heavy atom. The van der Waals surface area contributed by atoms with Gasteiger partial charge in [0.25, 0.3) is 0 Å². The molecule has 180 valence electrons. The Balaban J connectivity index is 1.71. The van der Waals surface area contributed by atoms with E-state index in [1.54, 1.807) is 6.07 Å². The van der Waals surface area contributed by atoms with Crippen LogP contribution >= 0.6 is 0 Å². The SMILES string of the molecule is Cc1cc(O)c2c(N=Nc3c(C)cc(Nc4nc(C)nc(N(C)C)n4)cc3C)c(N)c(C)cc2c1. The van der Waals surface area contributed by atoms with Gasteiger partial charge in [-0.1, -0.05) is 6.07 Å². The first-order valence-electron chi connectivity index (χ1n) is 11.3. The molecular weight excluding hydrogens is 440 g/mol. The minimum Gasteiger partial charge on any atom is -0.507 e. The third-order valence-corrected chi connectivity index (χ3v) is 5.71. The van der Waals surface area contributed by atoms with Crippen molar-refractivity contribution in [3.8, 4) is 5.75 Å². The van der Waals surface area contributed by atoms with E-state index < -0.39 is 0 Å². The predicted molar refractivity (Wildman–Crippen MR) is 142 cm³/mol. The van der Waals surface area contributed by atoms with E-state index >= 15 is 0 Å². The number of azo groups is 1. The maximum atomic E-state index is 10.6. The molecule has 0 saturated carbocycles. The second-order valence-corrected chi connectivity index (χ2v) is 9.02. The molecule has 35 heavy (non-hydrogen) atoms. The van der Waals surface area contributed by atoms with E-state index in [-0.39, 0.29) is 5.75 Å². The lowest BCUT2D eigenvalue weighted by atomic mass is 10.0. The van der Waals surface area contributed by atoms with E-state index in [9.17, 15) is 5.11 Å². The number of anilines is 4. The fourth-order valence-electron chi connectivity index (χ4n) is 4.04. The smallest absolute Gasteiger partial charge is 0.232 e. The highest BCUT2D eigenvalue weighted by Crippen LogP contribution is 2.42. The molecule has 0 spiro atoms. The maximum absolute atomic E-state index is 10.6. The summed E-state index contributed by atoms with van der Waals surface area (Å²) in [6.07, 6.45) is 0. The molecule has 4 rings (SSSR count). The average molecular weight is 471 g/mol. The summed E-state index contributed by atoms with van der Waals surface area (Å²) in [5.74, 6) is 1.82. The van der Waals surface area contributed by atoms with E-state index in [1.165, 1.54) is 0 Å². The molecule has 3 aromatic carbocycles. The molecule has 0 saturated heterocycles. The molecule has 0 aliphatic carbocycles. The van der Waals surface area contributed by atoms with Crippen LogP contribution in [0, 0.1) is 34.6 Å². The molecule has 0 radical (unpaired) electrons. The number of nitrogens with two attached hydrogens (primary N) is 1. The molecule has 9 nitrogen and oxygen atoms in total. The number of phenols is 1. The molecule has 0 amide bonds. The van der Waals surface area contributed by atoms with Crippen LogP contribution in [0.3, 0.4) is 0 Å². The number of nitrogens with one attached hydrogen (secondary N) is 1. The van der Waals surface area contributed by atoms with Crippen molar-refractivity contribution in [2.75, 3.05) is 30.0 Å². The maximum Gasteiger partial charge on any atom is 0.232 e. The van der Waals surface area contributed by atoms with Crippen LogP contribution < -0.4 is 16.0 Å². The molecule has 0 unspecified atom stereocenters. The average Bonchev–Trinajstić information content (AvgIpc) is 2.75. The van der Waals surface area contributed by atoms with Crippen LogP contribution in [0.2, 0.25) is 0 Å². The fourth-order valence-corrected chi connectivity index (χ4v) is 4.04. The lowest BCUT2D eigenvalue weighted by Crippen LogP contribution is -2.15. The van der Waals surface area contributed by atoms with Crippen molar-refractivity contribution in [2.24, 2.45) is 10.2 Å². The van der Waals surface area contributed by atoms with Gasteiger partial charge in [0, 0.05) is 19.8 Å². The zero-order valence-electron chi connectivity index (χ0n) is 21.1. The normalized spacial score (nSPS) is 11.4. The fraction of sp³-hybridized carbons (Fsp3) is 0.269. The van der Waals surface area contributed by atoms with Crippen molar-refractivity contribution in [3.05, 3.63) is 58.4 Å². The monoisotopic (exact) mass is 470 g/mol. The number of nitrogen functional groups attached to an aromatic ring is 1. The number of aryl methyl sites for hydroxylation is 5. The van der Waals surface area contributed by atoms with Crippen molar-refractivity contribution in [2.45, 2.75) is 34.6 Å². The number of fused-ring (bicyclic) bond motifs is 1. The Morgan fingerprint density at radius 1 is 0.829 bits per heavy atom. The van der Waals surface area contributed by atoms with Crippen LogP contribution in [0.5, 0.6) is 5.75 Å². The first-order valence-corrected chi connectivity index (χ1v) is 11.3. The molecule has 4 N–H and O–H groups in total. The number of aromatic hydroxyl groups is 1. The van der Waals surface area contributed by atoms with Gasteiger partial charge in [-0.25, -0.2) is 0 Å². The summed E-state index contributed by atoms with van der Waals surface area (Å²) in [5, 5.41) is 24.4. The standard InChI is InChI=1S/C26H30N8O/c1-13-8-18-10-14(2)22(27)24(21(18)20(35)9-13)33-32-23-15(3)11-19(12-16(23)4)30-25-28-17(5)29-26(31-25)34(6)7/h8-12,35H,27H2,1-7H3,(H,28,29,30,31). The Hall–Kier alpha value is -4.27. The van der Waals surface area contributed by atoms with Gasteiger partial charge in [0.15, 0.2) is 0 Å². The van der Waals surface area contributed by atoms with Crippen LogP contribution in [0.4, 0.5) is 34.6 Å². The number of benzene rings is 3. The van der Waals surface area contributed by atoms with Gasteiger partial charge in [-0.3, -0.25) is 0 Å². The highest BCUT2D eigenvalue weighted by molar-refractivity contribution is 6.03. The van der Waals surface area contributed by atoms with Gasteiger partial charge in [-0.05, 0) is 86.5 Å². The summed E-state index contributed by atoms with van der Waals surface area (Å²) >= 11 is 0. The summed E-state index contributed by atoms with van der Waals surface area (Å²) in [6, 6.07) is 9.60. The topological polar surface area (TPSA) is 125 Å². The summed E-state index contributed by atoms with van der Waals surface area (Å²) in [7, 11) is 3.77. The van der Waals surface area contributed by atoms with Crippen molar-refractivity contribution in [1.82, 2.24) is 15.0 Å². The van der Waals surface area contributed by atoms with E-state index in [1.807, 2.05) is 77.9 Å². The minimum absolute atomic E-state index is 0.137. The summed E-state index contributed by atoms with van der Waals surface area (Å²) in [4.78, 5) is 15.0. The second kappa shape index (κ2) is 9.17. The number of aromatic nitrogens is 3. The summed E-state index contributed by atoms with van der Waals surface area (Å²) < 4.78 is 0. The molecule has 0 atom stereocenters. The molecular formula is C26H30N8O. The van der Waals surface area contributed by atoms with Crippen LogP contribution in [0.25, 0.3) is 10.8 Å². The third kappa shape index (κ3) is 4.84. The quantitative estimate of drug-likeness (QED) is 0.238. The molecule has 0 aliphatic rings. The number of rotatable bonds is 5. The van der Waals surface area contributed by atoms with Gasteiger partial charge < -0.3 is 21.1 Å². The van der Waals surface area contributed by atoms with Gasteiger partial charge in [0.05, 0.1) is 16.8 Å². The van der Waals surface area contributed by atoms with E-state index in [0.29, 0.717) is 34.5 Å². The predicted octanol–water partition coefficient (Wildman–Crippen LogP) is 6.08. The molecule has 9 heteroatoms. The van der Waals surface area contributed by atoms with Crippen LogP contribution in [0.1, 0.15) is 28.1 Å². The Labute approximate surface area is 204 Å². The van der Waals surface area contributed by atoms with E-state index in [4.69, 9.17) is 5.73 Å². The lowest BCUT2D eigenvalue weighted by molar-refractivity contribution is 0.481. The van der Waals surface area contributed by atoms with Crippen molar-refractivity contribution in [1.29, 1.82) is 0 Å². The number of nitrogens with zero attached hydrogens (tertiary/aromatic N) is 6. The first kappa shape index (κ1) is 23.9.